The maximum absolute atomic E-state index is 12.8. The maximum atomic E-state index is 12.8. The van der Waals surface area contributed by atoms with Crippen molar-refractivity contribution in [2.75, 3.05) is 12.0 Å². The fourth-order valence-electron chi connectivity index (χ4n) is 6.07. The van der Waals surface area contributed by atoms with Crippen LogP contribution in [0.3, 0.4) is 0 Å². The van der Waals surface area contributed by atoms with Crippen LogP contribution in [0, 0.1) is 0 Å². The van der Waals surface area contributed by atoms with Gasteiger partial charge in [0.1, 0.15) is 5.82 Å². The zero-order chi connectivity index (χ0) is 31.5. The third-order valence-electron chi connectivity index (χ3n) is 8.10. The van der Waals surface area contributed by atoms with Crippen molar-refractivity contribution in [3.05, 3.63) is 157 Å². The molecule has 6 aromatic rings. The average Bonchev–Trinajstić information content (AvgIpc) is 3.11. The second-order valence-corrected chi connectivity index (χ2v) is 10.9. The Morgan fingerprint density at radius 3 is 2.22 bits per heavy atom. The number of carbonyl (C=O) groups is 1. The second-order valence-electron chi connectivity index (χ2n) is 10.9. The summed E-state index contributed by atoms with van der Waals surface area (Å²) in [6.45, 7) is 1.99. The van der Waals surface area contributed by atoms with Crippen LogP contribution in [0.1, 0.15) is 23.0 Å². The fourth-order valence-corrected chi connectivity index (χ4v) is 6.07. The van der Waals surface area contributed by atoms with E-state index in [1.807, 2.05) is 104 Å². The van der Waals surface area contributed by atoms with Crippen molar-refractivity contribution in [3.63, 3.8) is 0 Å². The van der Waals surface area contributed by atoms with Gasteiger partial charge in [-0.3, -0.25) is 4.90 Å². The molecule has 0 spiro atoms. The summed E-state index contributed by atoms with van der Waals surface area (Å²) >= 11 is 0. The molecule has 0 amide bonds. The van der Waals surface area contributed by atoms with E-state index in [0.29, 0.717) is 11.4 Å². The third kappa shape index (κ3) is 5.18. The van der Waals surface area contributed by atoms with Gasteiger partial charge in [0.25, 0.3) is 0 Å². The molecule has 1 aliphatic rings. The van der Waals surface area contributed by atoms with Crippen molar-refractivity contribution in [3.8, 4) is 33.6 Å². The van der Waals surface area contributed by atoms with E-state index < -0.39 is 0 Å². The highest BCUT2D eigenvalue weighted by Crippen LogP contribution is 2.52. The van der Waals surface area contributed by atoms with Crippen molar-refractivity contribution in [1.29, 1.82) is 0 Å². The molecule has 0 saturated heterocycles. The molecule has 0 unspecified atom stereocenters. The first kappa shape index (κ1) is 28.7. The van der Waals surface area contributed by atoms with Crippen molar-refractivity contribution >= 4 is 40.0 Å². The summed E-state index contributed by atoms with van der Waals surface area (Å²) in [7, 11) is 1.42. The smallest absolute Gasteiger partial charge is 0.338 e. The SMILES string of the molecule is C\C=C/C=C/C=C/c1cc(N2c3ccccc3-c3ccc(-c4ccccc4C(=O)OC)c4cccc2c34)nc(-c2ccccc2)n1. The lowest BCUT2D eigenvalue weighted by molar-refractivity contribution is 0.0601. The quantitative estimate of drug-likeness (QED) is 0.135. The summed E-state index contributed by atoms with van der Waals surface area (Å²) in [5, 5.41) is 2.13. The van der Waals surface area contributed by atoms with Crippen LogP contribution in [-0.4, -0.2) is 23.0 Å². The topological polar surface area (TPSA) is 55.3 Å². The molecule has 0 radical (unpaired) electrons. The minimum atomic E-state index is -0.362. The van der Waals surface area contributed by atoms with Crippen molar-refractivity contribution in [1.82, 2.24) is 9.97 Å². The molecule has 1 aliphatic heterocycles. The molecule has 222 valence electrons. The van der Waals surface area contributed by atoms with Crippen LogP contribution < -0.4 is 4.90 Å². The first-order valence-electron chi connectivity index (χ1n) is 15.2. The normalized spacial score (nSPS) is 12.3. The molecule has 7 rings (SSSR count). The van der Waals surface area contributed by atoms with Crippen molar-refractivity contribution < 1.29 is 9.53 Å². The van der Waals surface area contributed by atoms with Gasteiger partial charge in [0.2, 0.25) is 0 Å². The number of para-hydroxylation sites is 1. The summed E-state index contributed by atoms with van der Waals surface area (Å²) in [5.41, 5.74) is 8.32. The highest BCUT2D eigenvalue weighted by Gasteiger charge is 2.28. The Labute approximate surface area is 268 Å². The van der Waals surface area contributed by atoms with Crippen LogP contribution in [0.15, 0.2) is 146 Å². The van der Waals surface area contributed by atoms with E-state index in [1.165, 1.54) is 7.11 Å². The fraction of sp³-hybridized carbons (Fsp3) is 0.0488. The lowest BCUT2D eigenvalue weighted by Gasteiger charge is -2.33. The number of ether oxygens (including phenoxy) is 1. The minimum Gasteiger partial charge on any atom is -0.465 e. The first-order valence-corrected chi connectivity index (χ1v) is 15.2. The molecule has 5 nitrogen and oxygen atoms in total. The van der Waals surface area contributed by atoms with E-state index in [9.17, 15) is 4.79 Å². The molecule has 0 N–H and O–H groups in total. The number of allylic oxidation sites excluding steroid dienone is 5. The van der Waals surface area contributed by atoms with Crippen molar-refractivity contribution in [2.24, 2.45) is 0 Å². The molecule has 0 aliphatic carbocycles. The van der Waals surface area contributed by atoms with E-state index in [-0.39, 0.29) is 5.97 Å². The molecule has 0 fully saturated rings. The zero-order valence-electron chi connectivity index (χ0n) is 25.6. The van der Waals surface area contributed by atoms with E-state index in [4.69, 9.17) is 14.7 Å². The first-order chi connectivity index (χ1) is 22.7. The average molecular weight is 598 g/mol. The monoisotopic (exact) mass is 597 g/mol. The summed E-state index contributed by atoms with van der Waals surface area (Å²) in [6, 6.07) is 38.7. The Balaban J connectivity index is 1.48. The largest absolute Gasteiger partial charge is 0.465 e. The van der Waals surface area contributed by atoms with Gasteiger partial charge in [0.15, 0.2) is 5.82 Å². The Morgan fingerprint density at radius 1 is 0.674 bits per heavy atom. The zero-order valence-corrected chi connectivity index (χ0v) is 25.6. The van der Waals surface area contributed by atoms with Gasteiger partial charge in [-0.15, -0.1) is 0 Å². The predicted octanol–water partition coefficient (Wildman–Crippen LogP) is 10.3. The number of nitrogens with zero attached hydrogens (tertiary/aromatic N) is 3. The second kappa shape index (κ2) is 12.5. The lowest BCUT2D eigenvalue weighted by Crippen LogP contribution is -2.17. The number of anilines is 3. The van der Waals surface area contributed by atoms with Crippen LogP contribution in [0.2, 0.25) is 0 Å². The number of fused-ring (bicyclic) bond motifs is 2. The number of carbonyl (C=O) groups excluding carboxylic acids is 1. The molecule has 0 saturated carbocycles. The molecule has 2 heterocycles. The lowest BCUT2D eigenvalue weighted by atomic mass is 9.86. The number of hydrogen-bond acceptors (Lipinski definition) is 5. The number of rotatable bonds is 7. The van der Waals surface area contributed by atoms with Crippen LogP contribution in [0.4, 0.5) is 17.2 Å². The van der Waals surface area contributed by atoms with Gasteiger partial charge in [-0.05, 0) is 53.3 Å². The summed E-state index contributed by atoms with van der Waals surface area (Å²) in [6.07, 6.45) is 12.0. The number of esters is 1. The van der Waals surface area contributed by atoms with Gasteiger partial charge in [-0.1, -0.05) is 121 Å². The van der Waals surface area contributed by atoms with Crippen LogP contribution >= 0.6 is 0 Å². The molecule has 5 aromatic carbocycles. The predicted molar refractivity (Wildman–Crippen MR) is 188 cm³/mol. The number of methoxy groups -OCH3 is 1. The van der Waals surface area contributed by atoms with E-state index in [2.05, 4.69) is 59.5 Å². The number of aromatic nitrogens is 2. The van der Waals surface area contributed by atoms with Gasteiger partial charge in [-0.2, -0.15) is 0 Å². The molecule has 5 heteroatoms. The summed E-state index contributed by atoms with van der Waals surface area (Å²) in [5.74, 6) is 1.04. The van der Waals surface area contributed by atoms with Gasteiger partial charge in [-0.25, -0.2) is 14.8 Å². The molecule has 0 bridgehead atoms. The summed E-state index contributed by atoms with van der Waals surface area (Å²) < 4.78 is 5.14. The summed E-state index contributed by atoms with van der Waals surface area (Å²) in [4.78, 5) is 25.1. The number of hydrogen-bond donors (Lipinski definition) is 0. The Bertz CT molecular complexity index is 2180. The molecular formula is C41H31N3O2. The Hall–Kier alpha value is -6.07. The Kier molecular flexibility index (Phi) is 7.80. The maximum Gasteiger partial charge on any atom is 0.338 e. The van der Waals surface area contributed by atoms with Crippen LogP contribution in [0.25, 0.3) is 50.5 Å². The van der Waals surface area contributed by atoms with Gasteiger partial charge in [0.05, 0.1) is 29.7 Å². The molecule has 46 heavy (non-hydrogen) atoms. The number of benzene rings is 5. The van der Waals surface area contributed by atoms with Gasteiger partial charge in [0, 0.05) is 22.6 Å². The Morgan fingerprint density at radius 2 is 1.39 bits per heavy atom. The van der Waals surface area contributed by atoms with Gasteiger partial charge < -0.3 is 4.74 Å². The van der Waals surface area contributed by atoms with E-state index in [0.717, 1.165) is 61.5 Å². The minimum absolute atomic E-state index is 0.362. The highest BCUT2D eigenvalue weighted by atomic mass is 16.5. The van der Waals surface area contributed by atoms with Crippen molar-refractivity contribution in [2.45, 2.75) is 6.92 Å². The highest BCUT2D eigenvalue weighted by molar-refractivity contribution is 6.18. The molecule has 0 atom stereocenters. The molecule has 1 aromatic heterocycles. The van der Waals surface area contributed by atoms with E-state index >= 15 is 0 Å². The molecular weight excluding hydrogens is 566 g/mol. The van der Waals surface area contributed by atoms with E-state index in [1.54, 1.807) is 0 Å². The standard InChI is InChI=1S/C41H31N3O2/c1-3-4-5-6-10-18-29-27-38(43-40(42-29)28-16-8-7-9-17-28)44-36-23-14-13-20-32(36)34-26-25-31(33-22-15-24-37(44)39(33)34)30-19-11-12-21-35(30)41(45)46-2/h3-27H,1-2H3/b4-3-,6-5+,18-10+. The third-order valence-corrected chi connectivity index (χ3v) is 8.10. The van der Waals surface area contributed by atoms with Crippen LogP contribution in [-0.2, 0) is 4.74 Å². The van der Waals surface area contributed by atoms with Gasteiger partial charge >= 0.3 is 5.97 Å². The van der Waals surface area contributed by atoms with Crippen LogP contribution in [0.5, 0.6) is 0 Å².